The number of halogens is 1. The van der Waals surface area contributed by atoms with Crippen LogP contribution in [0.5, 0.6) is 0 Å². The molecular weight excluding hydrogens is 240 g/mol. The molecule has 5 heteroatoms. The molecule has 0 fully saturated rings. The third-order valence-corrected chi connectivity index (χ3v) is 2.37. The van der Waals surface area contributed by atoms with Gasteiger partial charge in [0, 0.05) is 6.54 Å². The number of carbonyl (C=O) groups excluding carboxylic acids is 2. The lowest BCUT2D eigenvalue weighted by atomic mass is 10.3. The maximum absolute atomic E-state index is 11.5. The van der Waals surface area contributed by atoms with E-state index >= 15 is 0 Å². The molecule has 1 aromatic carbocycles. The molecule has 92 valence electrons. The molecule has 0 radical (unpaired) electrons. The minimum absolute atomic E-state index is 0.189. The summed E-state index contributed by atoms with van der Waals surface area (Å²) in [5, 5.41) is 5.67. The van der Waals surface area contributed by atoms with Crippen molar-refractivity contribution >= 4 is 29.1 Å². The Morgan fingerprint density at radius 3 is 2.59 bits per heavy atom. The van der Waals surface area contributed by atoms with Gasteiger partial charge < -0.3 is 10.6 Å². The van der Waals surface area contributed by atoms with Gasteiger partial charge in [0.05, 0.1) is 10.7 Å². The quantitative estimate of drug-likeness (QED) is 0.792. The summed E-state index contributed by atoms with van der Waals surface area (Å²) in [5.74, 6) is -0.650. The summed E-state index contributed by atoms with van der Waals surface area (Å²) in [6.07, 6.45) is 0.656. The summed E-state index contributed by atoms with van der Waals surface area (Å²) in [6.45, 7) is 2.53. The first-order valence-electron chi connectivity index (χ1n) is 5.44. The van der Waals surface area contributed by atoms with Crippen molar-refractivity contribution < 1.29 is 9.59 Å². The third kappa shape index (κ3) is 4.87. The van der Waals surface area contributed by atoms with Gasteiger partial charge in [0.25, 0.3) is 0 Å². The van der Waals surface area contributed by atoms with Gasteiger partial charge >= 0.3 is 0 Å². The molecule has 4 nitrogen and oxygen atoms in total. The second-order valence-corrected chi connectivity index (χ2v) is 3.96. The number of hydrogen-bond acceptors (Lipinski definition) is 2. The van der Waals surface area contributed by atoms with E-state index in [0.29, 0.717) is 17.3 Å². The van der Waals surface area contributed by atoms with Crippen LogP contribution in [0.1, 0.15) is 19.8 Å². The number of benzene rings is 1. The van der Waals surface area contributed by atoms with E-state index in [1.807, 2.05) is 6.92 Å². The van der Waals surface area contributed by atoms with E-state index in [2.05, 4.69) is 10.6 Å². The number of para-hydroxylation sites is 1. The van der Waals surface area contributed by atoms with Crippen molar-refractivity contribution in [1.29, 1.82) is 0 Å². The monoisotopic (exact) mass is 254 g/mol. The Bertz CT molecular complexity index is 407. The van der Waals surface area contributed by atoms with E-state index in [0.717, 1.165) is 6.42 Å². The highest BCUT2D eigenvalue weighted by atomic mass is 35.5. The van der Waals surface area contributed by atoms with E-state index < -0.39 is 0 Å². The molecule has 0 saturated heterocycles. The fraction of sp³-hybridized carbons (Fsp3) is 0.333. The van der Waals surface area contributed by atoms with Gasteiger partial charge in [0.1, 0.15) is 6.42 Å². The minimum Gasteiger partial charge on any atom is -0.356 e. The van der Waals surface area contributed by atoms with Crippen molar-refractivity contribution in [2.75, 3.05) is 11.9 Å². The van der Waals surface area contributed by atoms with Gasteiger partial charge in [0.15, 0.2) is 0 Å². The van der Waals surface area contributed by atoms with Crippen LogP contribution in [-0.4, -0.2) is 18.4 Å². The van der Waals surface area contributed by atoms with Crippen molar-refractivity contribution in [3.05, 3.63) is 29.3 Å². The zero-order valence-electron chi connectivity index (χ0n) is 9.63. The molecule has 2 amide bonds. The van der Waals surface area contributed by atoms with Gasteiger partial charge in [-0.1, -0.05) is 30.7 Å². The SMILES string of the molecule is CCCNC(=O)CC(=O)Nc1ccccc1Cl. The maximum Gasteiger partial charge on any atom is 0.233 e. The van der Waals surface area contributed by atoms with Gasteiger partial charge in [0.2, 0.25) is 11.8 Å². The molecule has 0 spiro atoms. The largest absolute Gasteiger partial charge is 0.356 e. The molecule has 0 unspecified atom stereocenters. The zero-order valence-corrected chi connectivity index (χ0v) is 10.4. The lowest BCUT2D eigenvalue weighted by Crippen LogP contribution is -2.28. The second kappa shape index (κ2) is 6.91. The van der Waals surface area contributed by atoms with Crippen molar-refractivity contribution in [2.45, 2.75) is 19.8 Å². The van der Waals surface area contributed by atoms with Crippen LogP contribution >= 0.6 is 11.6 Å². The number of nitrogens with one attached hydrogen (secondary N) is 2. The molecule has 0 aliphatic carbocycles. The average Bonchev–Trinajstić information content (AvgIpc) is 2.29. The molecular formula is C12H15ClN2O2. The second-order valence-electron chi connectivity index (χ2n) is 3.55. The molecule has 0 saturated carbocycles. The standard InChI is InChI=1S/C12H15ClN2O2/c1-2-7-14-11(16)8-12(17)15-10-6-4-3-5-9(10)13/h3-6H,2,7-8H2,1H3,(H,14,16)(H,15,17). The van der Waals surface area contributed by atoms with Crippen molar-refractivity contribution in [3.63, 3.8) is 0 Å². The van der Waals surface area contributed by atoms with Gasteiger partial charge in [-0.05, 0) is 18.6 Å². The van der Waals surface area contributed by atoms with Crippen LogP contribution in [0, 0.1) is 0 Å². The summed E-state index contributed by atoms with van der Waals surface area (Å²) in [6, 6.07) is 6.89. The highest BCUT2D eigenvalue weighted by molar-refractivity contribution is 6.33. The summed E-state index contributed by atoms with van der Waals surface area (Å²) >= 11 is 5.87. The fourth-order valence-corrected chi connectivity index (χ4v) is 1.41. The molecule has 0 aromatic heterocycles. The maximum atomic E-state index is 11.5. The van der Waals surface area contributed by atoms with Crippen molar-refractivity contribution in [3.8, 4) is 0 Å². The predicted molar refractivity (Wildman–Crippen MR) is 68.0 cm³/mol. The van der Waals surface area contributed by atoms with Crippen LogP contribution in [0.2, 0.25) is 5.02 Å². The Morgan fingerprint density at radius 1 is 1.24 bits per heavy atom. The van der Waals surface area contributed by atoms with Crippen LogP contribution in [0.25, 0.3) is 0 Å². The Morgan fingerprint density at radius 2 is 1.94 bits per heavy atom. The van der Waals surface area contributed by atoms with Gasteiger partial charge in [-0.25, -0.2) is 0 Å². The number of amides is 2. The Labute approximate surface area is 105 Å². The molecule has 0 aliphatic heterocycles. The number of carbonyl (C=O) groups is 2. The summed E-state index contributed by atoms with van der Waals surface area (Å²) in [7, 11) is 0. The Balaban J connectivity index is 2.45. The third-order valence-electron chi connectivity index (χ3n) is 2.04. The van der Waals surface area contributed by atoms with Crippen LogP contribution in [0.3, 0.4) is 0 Å². The first-order valence-corrected chi connectivity index (χ1v) is 5.82. The number of rotatable bonds is 5. The lowest BCUT2D eigenvalue weighted by molar-refractivity contribution is -0.126. The molecule has 1 rings (SSSR count). The van der Waals surface area contributed by atoms with Gasteiger partial charge in [-0.2, -0.15) is 0 Å². The predicted octanol–water partition coefficient (Wildman–Crippen LogP) is 2.19. The van der Waals surface area contributed by atoms with E-state index in [1.165, 1.54) is 0 Å². The smallest absolute Gasteiger partial charge is 0.233 e. The van der Waals surface area contributed by atoms with Crippen LogP contribution in [0.15, 0.2) is 24.3 Å². The van der Waals surface area contributed by atoms with Crippen LogP contribution < -0.4 is 10.6 Å². The van der Waals surface area contributed by atoms with E-state index in [1.54, 1.807) is 24.3 Å². The normalized spacial score (nSPS) is 9.76. The van der Waals surface area contributed by atoms with Crippen molar-refractivity contribution in [1.82, 2.24) is 5.32 Å². The van der Waals surface area contributed by atoms with E-state index in [9.17, 15) is 9.59 Å². The topological polar surface area (TPSA) is 58.2 Å². The highest BCUT2D eigenvalue weighted by Gasteiger charge is 2.10. The summed E-state index contributed by atoms with van der Waals surface area (Å²) in [5.41, 5.74) is 0.516. The molecule has 0 atom stereocenters. The molecule has 2 N–H and O–H groups in total. The minimum atomic E-state index is -0.369. The first-order chi connectivity index (χ1) is 8.13. The molecule has 1 aromatic rings. The fourth-order valence-electron chi connectivity index (χ4n) is 1.23. The lowest BCUT2D eigenvalue weighted by Gasteiger charge is -2.07. The van der Waals surface area contributed by atoms with Gasteiger partial charge in [-0.15, -0.1) is 0 Å². The molecule has 17 heavy (non-hydrogen) atoms. The Hall–Kier alpha value is -1.55. The van der Waals surface area contributed by atoms with E-state index in [4.69, 9.17) is 11.6 Å². The molecule has 0 aliphatic rings. The molecule has 0 heterocycles. The zero-order chi connectivity index (χ0) is 12.7. The van der Waals surface area contributed by atoms with Crippen molar-refractivity contribution in [2.24, 2.45) is 0 Å². The first kappa shape index (κ1) is 13.5. The number of anilines is 1. The van der Waals surface area contributed by atoms with Gasteiger partial charge in [-0.3, -0.25) is 9.59 Å². The van der Waals surface area contributed by atoms with Crippen LogP contribution in [-0.2, 0) is 9.59 Å². The number of hydrogen-bond donors (Lipinski definition) is 2. The molecule has 0 bridgehead atoms. The summed E-state index contributed by atoms with van der Waals surface area (Å²) < 4.78 is 0. The average molecular weight is 255 g/mol. The Kier molecular flexibility index (Phi) is 5.49. The summed E-state index contributed by atoms with van der Waals surface area (Å²) in [4.78, 5) is 22.8. The highest BCUT2D eigenvalue weighted by Crippen LogP contribution is 2.20. The van der Waals surface area contributed by atoms with E-state index in [-0.39, 0.29) is 18.2 Å². The van der Waals surface area contributed by atoms with Crippen LogP contribution in [0.4, 0.5) is 5.69 Å².